The van der Waals surface area contributed by atoms with Crippen LogP contribution in [0.5, 0.6) is 11.5 Å². The summed E-state index contributed by atoms with van der Waals surface area (Å²) in [7, 11) is 0. The molecule has 0 aliphatic carbocycles. The predicted molar refractivity (Wildman–Crippen MR) is 136 cm³/mol. The molecular formula is C25H21ClINO5. The highest BCUT2D eigenvalue weighted by molar-refractivity contribution is 14.1. The molecule has 33 heavy (non-hydrogen) atoms. The van der Waals surface area contributed by atoms with Gasteiger partial charge in [0, 0.05) is 9.13 Å². The minimum absolute atomic E-state index is 0.261. The zero-order chi connectivity index (χ0) is 23.8. The van der Waals surface area contributed by atoms with Crippen LogP contribution in [-0.2, 0) is 11.4 Å². The number of ether oxygens (including phenoxy) is 2. The number of nitrogens with one attached hydrogen (secondary N) is 1. The van der Waals surface area contributed by atoms with Crippen molar-refractivity contribution in [1.29, 1.82) is 0 Å². The molecule has 0 saturated carbocycles. The second-order valence-corrected chi connectivity index (χ2v) is 8.51. The van der Waals surface area contributed by atoms with Gasteiger partial charge in [-0.3, -0.25) is 4.79 Å². The lowest BCUT2D eigenvalue weighted by atomic mass is 10.1. The lowest BCUT2D eigenvalue weighted by molar-refractivity contribution is -0.132. The number of carboxylic acids is 1. The molecule has 0 unspecified atom stereocenters. The molecule has 1 amide bonds. The van der Waals surface area contributed by atoms with E-state index in [1.54, 1.807) is 42.5 Å². The third-order valence-corrected chi connectivity index (χ3v) is 5.45. The fourth-order valence-electron chi connectivity index (χ4n) is 2.91. The Bertz CT molecular complexity index is 1160. The van der Waals surface area contributed by atoms with Gasteiger partial charge in [-0.2, -0.15) is 0 Å². The SMILES string of the molecule is CCOc1cc(C=C(NC(=O)c2ccccc2)C(=O)O)cc(Cl)c1OCc1ccc(I)cc1. The normalized spacial score (nSPS) is 11.1. The maximum atomic E-state index is 12.4. The van der Waals surface area contributed by atoms with E-state index >= 15 is 0 Å². The first kappa shape index (κ1) is 24.6. The van der Waals surface area contributed by atoms with Crippen LogP contribution in [0.25, 0.3) is 6.08 Å². The molecule has 2 N–H and O–H groups in total. The molecule has 8 heteroatoms. The van der Waals surface area contributed by atoms with Crippen LogP contribution in [-0.4, -0.2) is 23.6 Å². The summed E-state index contributed by atoms with van der Waals surface area (Å²) in [6, 6.07) is 19.4. The molecule has 170 valence electrons. The van der Waals surface area contributed by atoms with Crippen molar-refractivity contribution in [2.45, 2.75) is 13.5 Å². The lowest BCUT2D eigenvalue weighted by Gasteiger charge is -2.15. The summed E-state index contributed by atoms with van der Waals surface area (Å²) in [6.45, 7) is 2.47. The zero-order valence-electron chi connectivity index (χ0n) is 17.7. The minimum Gasteiger partial charge on any atom is -0.490 e. The highest BCUT2D eigenvalue weighted by Crippen LogP contribution is 2.38. The number of halogens is 2. The summed E-state index contributed by atoms with van der Waals surface area (Å²) in [5.41, 5.74) is 1.46. The Morgan fingerprint density at radius 3 is 2.39 bits per heavy atom. The molecule has 0 aliphatic rings. The van der Waals surface area contributed by atoms with Crippen molar-refractivity contribution in [3.8, 4) is 11.5 Å². The quantitative estimate of drug-likeness (QED) is 0.249. The molecule has 0 aliphatic heterocycles. The molecule has 0 saturated heterocycles. The molecule has 0 spiro atoms. The Hall–Kier alpha value is -3.04. The summed E-state index contributed by atoms with van der Waals surface area (Å²) < 4.78 is 12.7. The Balaban J connectivity index is 1.86. The fraction of sp³-hybridized carbons (Fsp3) is 0.120. The van der Waals surface area contributed by atoms with E-state index in [9.17, 15) is 14.7 Å². The Kier molecular flexibility index (Phi) is 8.73. The Morgan fingerprint density at radius 2 is 1.76 bits per heavy atom. The molecule has 0 fully saturated rings. The van der Waals surface area contributed by atoms with Gasteiger partial charge in [-0.25, -0.2) is 4.79 Å². The van der Waals surface area contributed by atoms with Crippen LogP contribution < -0.4 is 14.8 Å². The average molecular weight is 578 g/mol. The Labute approximate surface area is 210 Å². The van der Waals surface area contributed by atoms with Crippen molar-refractivity contribution in [2.75, 3.05) is 6.61 Å². The fourth-order valence-corrected chi connectivity index (χ4v) is 3.55. The summed E-state index contributed by atoms with van der Waals surface area (Å²) in [6.07, 6.45) is 1.32. The smallest absolute Gasteiger partial charge is 0.352 e. The zero-order valence-corrected chi connectivity index (χ0v) is 20.6. The van der Waals surface area contributed by atoms with Gasteiger partial charge in [0.25, 0.3) is 5.91 Å². The molecule has 0 atom stereocenters. The van der Waals surface area contributed by atoms with Crippen LogP contribution in [0.2, 0.25) is 5.02 Å². The largest absolute Gasteiger partial charge is 0.490 e. The van der Waals surface area contributed by atoms with Gasteiger partial charge in [0.05, 0.1) is 11.6 Å². The number of carboxylic acid groups (broad SMARTS) is 1. The summed E-state index contributed by atoms with van der Waals surface area (Å²) in [5, 5.41) is 12.3. The van der Waals surface area contributed by atoms with E-state index in [0.29, 0.717) is 35.8 Å². The van der Waals surface area contributed by atoms with Gasteiger partial charge in [0.1, 0.15) is 12.3 Å². The van der Waals surface area contributed by atoms with Gasteiger partial charge in [0.15, 0.2) is 11.5 Å². The van der Waals surface area contributed by atoms with Crippen molar-refractivity contribution in [1.82, 2.24) is 5.32 Å². The number of aliphatic carboxylic acids is 1. The van der Waals surface area contributed by atoms with Gasteiger partial charge in [-0.15, -0.1) is 0 Å². The molecule has 0 bridgehead atoms. The third kappa shape index (κ3) is 6.97. The number of carbonyl (C=O) groups excluding carboxylic acids is 1. The molecule has 3 rings (SSSR count). The topological polar surface area (TPSA) is 84.9 Å². The average Bonchev–Trinajstić information content (AvgIpc) is 2.80. The summed E-state index contributed by atoms with van der Waals surface area (Å²) in [5.74, 6) is -1.08. The van der Waals surface area contributed by atoms with Crippen LogP contribution in [0.1, 0.15) is 28.4 Å². The van der Waals surface area contributed by atoms with Crippen molar-refractivity contribution < 1.29 is 24.2 Å². The van der Waals surface area contributed by atoms with Crippen LogP contribution in [0.3, 0.4) is 0 Å². The molecular weight excluding hydrogens is 557 g/mol. The Morgan fingerprint density at radius 1 is 1.06 bits per heavy atom. The number of hydrogen-bond donors (Lipinski definition) is 2. The van der Waals surface area contributed by atoms with Gasteiger partial charge >= 0.3 is 5.97 Å². The van der Waals surface area contributed by atoms with E-state index in [4.69, 9.17) is 21.1 Å². The van der Waals surface area contributed by atoms with E-state index in [0.717, 1.165) is 9.13 Å². The third-order valence-electron chi connectivity index (χ3n) is 4.45. The summed E-state index contributed by atoms with van der Waals surface area (Å²) in [4.78, 5) is 24.1. The van der Waals surface area contributed by atoms with E-state index in [1.807, 2.05) is 31.2 Å². The molecule has 3 aromatic carbocycles. The first-order valence-corrected chi connectivity index (χ1v) is 11.5. The first-order valence-electron chi connectivity index (χ1n) is 10.0. The summed E-state index contributed by atoms with van der Waals surface area (Å²) >= 11 is 8.69. The van der Waals surface area contributed by atoms with Gasteiger partial charge < -0.3 is 19.9 Å². The van der Waals surface area contributed by atoms with Crippen molar-refractivity contribution in [3.05, 3.63) is 97.7 Å². The van der Waals surface area contributed by atoms with Crippen LogP contribution >= 0.6 is 34.2 Å². The number of amides is 1. The first-order chi connectivity index (χ1) is 15.9. The predicted octanol–water partition coefficient (Wildman–Crippen LogP) is 5.78. The van der Waals surface area contributed by atoms with Gasteiger partial charge in [-0.1, -0.05) is 41.9 Å². The van der Waals surface area contributed by atoms with Crippen LogP contribution in [0.4, 0.5) is 0 Å². The van der Waals surface area contributed by atoms with Crippen molar-refractivity contribution >= 4 is 52.1 Å². The maximum Gasteiger partial charge on any atom is 0.352 e. The van der Waals surface area contributed by atoms with Crippen molar-refractivity contribution in [2.24, 2.45) is 0 Å². The monoisotopic (exact) mass is 577 g/mol. The van der Waals surface area contributed by atoms with E-state index < -0.39 is 11.9 Å². The van der Waals surface area contributed by atoms with Crippen LogP contribution in [0.15, 0.2) is 72.4 Å². The molecule has 3 aromatic rings. The molecule has 0 heterocycles. The standard InChI is InChI=1S/C25H21ClINO5/c1-2-32-22-14-17(12-20(26)23(22)33-15-16-8-10-19(27)11-9-16)13-21(25(30)31)28-24(29)18-6-4-3-5-7-18/h3-14H,2,15H2,1H3,(H,28,29)(H,30,31). The van der Waals surface area contributed by atoms with Gasteiger partial charge in [-0.05, 0) is 83.1 Å². The van der Waals surface area contributed by atoms with Crippen molar-refractivity contribution in [3.63, 3.8) is 0 Å². The number of rotatable bonds is 9. The number of carbonyl (C=O) groups is 2. The second-order valence-electron chi connectivity index (χ2n) is 6.86. The van der Waals surface area contributed by atoms with Gasteiger partial charge in [0.2, 0.25) is 0 Å². The molecule has 6 nitrogen and oxygen atoms in total. The second kappa shape index (κ2) is 11.7. The highest BCUT2D eigenvalue weighted by atomic mass is 127. The highest BCUT2D eigenvalue weighted by Gasteiger charge is 2.16. The van der Waals surface area contributed by atoms with E-state index in [-0.39, 0.29) is 10.7 Å². The lowest BCUT2D eigenvalue weighted by Crippen LogP contribution is -2.27. The van der Waals surface area contributed by atoms with E-state index in [2.05, 4.69) is 27.9 Å². The maximum absolute atomic E-state index is 12.4. The number of benzene rings is 3. The molecule has 0 radical (unpaired) electrons. The van der Waals surface area contributed by atoms with Crippen LogP contribution in [0, 0.1) is 3.57 Å². The number of hydrogen-bond acceptors (Lipinski definition) is 4. The molecule has 0 aromatic heterocycles. The minimum atomic E-state index is -1.28. The van der Waals surface area contributed by atoms with E-state index in [1.165, 1.54) is 6.08 Å².